The smallest absolute Gasteiger partial charge is 0.265 e. The lowest BCUT2D eigenvalue weighted by molar-refractivity contribution is 0.102. The first-order valence-corrected chi connectivity index (χ1v) is 11.3. The van der Waals surface area contributed by atoms with E-state index in [4.69, 9.17) is 0 Å². The van der Waals surface area contributed by atoms with Crippen molar-refractivity contribution in [3.8, 4) is 11.4 Å². The van der Waals surface area contributed by atoms with Gasteiger partial charge in [0, 0.05) is 22.3 Å². The van der Waals surface area contributed by atoms with Crippen LogP contribution in [0.15, 0.2) is 76.8 Å². The Morgan fingerprint density at radius 3 is 2.42 bits per heavy atom. The van der Waals surface area contributed by atoms with Crippen molar-refractivity contribution < 1.29 is 9.59 Å². The first kappa shape index (κ1) is 19.2. The molecular formula is C23H16N4O2S2. The number of aromatic amines is 1. The van der Waals surface area contributed by atoms with Crippen molar-refractivity contribution in [1.82, 2.24) is 9.97 Å². The predicted octanol–water partition coefficient (Wildman–Crippen LogP) is 5.86. The maximum atomic E-state index is 12.3. The van der Waals surface area contributed by atoms with Crippen molar-refractivity contribution in [2.24, 2.45) is 0 Å². The van der Waals surface area contributed by atoms with E-state index in [0.717, 1.165) is 22.3 Å². The van der Waals surface area contributed by atoms with Crippen molar-refractivity contribution in [3.05, 3.63) is 87.2 Å². The van der Waals surface area contributed by atoms with Crippen LogP contribution < -0.4 is 10.6 Å². The van der Waals surface area contributed by atoms with Gasteiger partial charge in [-0.2, -0.15) is 11.3 Å². The van der Waals surface area contributed by atoms with E-state index in [2.05, 4.69) is 20.6 Å². The fourth-order valence-corrected chi connectivity index (χ4v) is 4.39. The molecule has 5 rings (SSSR count). The number of imidazole rings is 1. The molecule has 0 aliphatic heterocycles. The van der Waals surface area contributed by atoms with Crippen LogP contribution >= 0.6 is 22.7 Å². The van der Waals surface area contributed by atoms with Crippen LogP contribution in [0.4, 0.5) is 11.4 Å². The summed E-state index contributed by atoms with van der Waals surface area (Å²) in [5, 5.41) is 11.4. The fourth-order valence-electron chi connectivity index (χ4n) is 3.13. The third kappa shape index (κ3) is 4.11. The van der Waals surface area contributed by atoms with E-state index < -0.39 is 0 Å². The number of aromatic nitrogens is 2. The molecule has 2 amide bonds. The zero-order valence-electron chi connectivity index (χ0n) is 16.1. The minimum Gasteiger partial charge on any atom is -0.338 e. The number of thiophene rings is 2. The van der Waals surface area contributed by atoms with E-state index in [1.54, 1.807) is 12.1 Å². The lowest BCUT2D eigenvalue weighted by atomic mass is 10.2. The molecule has 0 fully saturated rings. The Labute approximate surface area is 185 Å². The summed E-state index contributed by atoms with van der Waals surface area (Å²) in [6.45, 7) is 0. The third-order valence-corrected chi connectivity index (χ3v) is 6.24. The highest BCUT2D eigenvalue weighted by molar-refractivity contribution is 7.12. The molecular weight excluding hydrogens is 428 g/mol. The zero-order chi connectivity index (χ0) is 21.2. The molecule has 3 N–H and O–H groups in total. The number of carbonyl (C=O) groups is 2. The molecule has 0 spiro atoms. The van der Waals surface area contributed by atoms with Gasteiger partial charge in [0.15, 0.2) is 0 Å². The van der Waals surface area contributed by atoms with Gasteiger partial charge in [0.05, 0.1) is 21.5 Å². The molecule has 0 atom stereocenters. The molecule has 0 saturated carbocycles. The lowest BCUT2D eigenvalue weighted by Gasteiger charge is -2.04. The van der Waals surface area contributed by atoms with Crippen LogP contribution in [0.5, 0.6) is 0 Å². The van der Waals surface area contributed by atoms with Crippen LogP contribution in [-0.4, -0.2) is 21.8 Å². The summed E-state index contributed by atoms with van der Waals surface area (Å²) < 4.78 is 0. The quantitative estimate of drug-likeness (QED) is 0.317. The van der Waals surface area contributed by atoms with E-state index in [-0.39, 0.29) is 11.8 Å². The first-order valence-electron chi connectivity index (χ1n) is 9.44. The number of hydrogen-bond donors (Lipinski definition) is 3. The van der Waals surface area contributed by atoms with Crippen molar-refractivity contribution >= 4 is 56.9 Å². The van der Waals surface area contributed by atoms with Gasteiger partial charge in [-0.05, 0) is 65.4 Å². The number of fused-ring (bicyclic) bond motifs is 1. The normalized spacial score (nSPS) is 10.8. The van der Waals surface area contributed by atoms with E-state index in [0.29, 0.717) is 22.0 Å². The van der Waals surface area contributed by atoms with Crippen LogP contribution in [0.3, 0.4) is 0 Å². The van der Waals surface area contributed by atoms with Gasteiger partial charge in [-0.3, -0.25) is 9.59 Å². The van der Waals surface area contributed by atoms with E-state index in [9.17, 15) is 9.59 Å². The van der Waals surface area contributed by atoms with Crippen LogP contribution in [-0.2, 0) is 0 Å². The summed E-state index contributed by atoms with van der Waals surface area (Å²) in [5.41, 5.74) is 4.59. The molecule has 0 radical (unpaired) electrons. The second kappa shape index (κ2) is 8.17. The maximum absolute atomic E-state index is 12.3. The number of anilines is 2. The summed E-state index contributed by atoms with van der Waals surface area (Å²) in [6, 6.07) is 18.5. The van der Waals surface area contributed by atoms with E-state index in [1.165, 1.54) is 22.7 Å². The summed E-state index contributed by atoms with van der Waals surface area (Å²) >= 11 is 2.89. The molecule has 8 heteroatoms. The Morgan fingerprint density at radius 1 is 0.871 bits per heavy atom. The van der Waals surface area contributed by atoms with Crippen LogP contribution in [0, 0.1) is 0 Å². The third-order valence-electron chi connectivity index (χ3n) is 4.68. The number of nitrogens with one attached hydrogen (secondary N) is 3. The van der Waals surface area contributed by atoms with Crippen molar-refractivity contribution in [1.29, 1.82) is 0 Å². The number of benzene rings is 2. The molecule has 0 saturated heterocycles. The average molecular weight is 445 g/mol. The lowest BCUT2D eigenvalue weighted by Crippen LogP contribution is -2.10. The van der Waals surface area contributed by atoms with Gasteiger partial charge >= 0.3 is 0 Å². The van der Waals surface area contributed by atoms with Crippen LogP contribution in [0.2, 0.25) is 0 Å². The second-order valence-corrected chi connectivity index (χ2v) is 8.52. The number of rotatable bonds is 5. The largest absolute Gasteiger partial charge is 0.338 e. The van der Waals surface area contributed by atoms with Gasteiger partial charge in [0.1, 0.15) is 5.82 Å². The molecule has 2 aromatic carbocycles. The molecule has 3 heterocycles. The Balaban J connectivity index is 1.33. The highest BCUT2D eigenvalue weighted by Gasteiger charge is 2.10. The maximum Gasteiger partial charge on any atom is 0.265 e. The van der Waals surface area contributed by atoms with Gasteiger partial charge in [-0.1, -0.05) is 6.07 Å². The molecule has 31 heavy (non-hydrogen) atoms. The molecule has 0 unspecified atom stereocenters. The summed E-state index contributed by atoms with van der Waals surface area (Å²) in [5.74, 6) is 0.455. The molecule has 0 aliphatic carbocycles. The fraction of sp³-hybridized carbons (Fsp3) is 0. The molecule has 5 aromatic rings. The number of carbonyl (C=O) groups excluding carboxylic acids is 2. The minimum atomic E-state index is -0.138. The molecule has 152 valence electrons. The van der Waals surface area contributed by atoms with Gasteiger partial charge in [0.25, 0.3) is 11.8 Å². The van der Waals surface area contributed by atoms with Gasteiger partial charge in [-0.25, -0.2) is 4.98 Å². The highest BCUT2D eigenvalue weighted by atomic mass is 32.1. The van der Waals surface area contributed by atoms with Crippen LogP contribution in [0.1, 0.15) is 20.0 Å². The number of hydrogen-bond acceptors (Lipinski definition) is 5. The molecule has 0 bridgehead atoms. The molecule has 3 aromatic heterocycles. The summed E-state index contributed by atoms with van der Waals surface area (Å²) in [6.07, 6.45) is 0. The monoisotopic (exact) mass is 444 g/mol. The zero-order valence-corrected chi connectivity index (χ0v) is 17.7. The van der Waals surface area contributed by atoms with Gasteiger partial charge in [-0.15, -0.1) is 11.3 Å². The van der Waals surface area contributed by atoms with E-state index >= 15 is 0 Å². The summed E-state index contributed by atoms with van der Waals surface area (Å²) in [7, 11) is 0. The predicted molar refractivity (Wildman–Crippen MR) is 126 cm³/mol. The van der Waals surface area contributed by atoms with Crippen molar-refractivity contribution in [2.45, 2.75) is 0 Å². The topological polar surface area (TPSA) is 86.9 Å². The number of amides is 2. The van der Waals surface area contributed by atoms with Crippen molar-refractivity contribution in [2.75, 3.05) is 10.6 Å². The Bertz CT molecular complexity index is 1350. The Morgan fingerprint density at radius 2 is 1.68 bits per heavy atom. The Kier molecular flexibility index (Phi) is 5.07. The second-order valence-electron chi connectivity index (χ2n) is 6.79. The van der Waals surface area contributed by atoms with Crippen LogP contribution in [0.25, 0.3) is 22.4 Å². The number of H-pyrrole nitrogens is 1. The minimum absolute atomic E-state index is 0.122. The number of nitrogens with zero attached hydrogens (tertiary/aromatic N) is 1. The van der Waals surface area contributed by atoms with Gasteiger partial charge in [0.2, 0.25) is 0 Å². The average Bonchev–Trinajstić information content (AvgIpc) is 3.55. The standard InChI is InChI=1S/C23H16N4O2S2/c28-22(15-9-11-30-13-15)25-17-7-8-18-19(12-17)27-21(26-18)14-3-5-16(6-4-14)24-23(29)20-2-1-10-31-20/h1-13H,(H,24,29)(H,25,28)(H,26,27). The SMILES string of the molecule is O=C(Nc1ccc2nc(-c3ccc(NC(=O)c4cccs4)cc3)[nH]c2c1)c1ccsc1. The van der Waals surface area contributed by atoms with Crippen molar-refractivity contribution in [3.63, 3.8) is 0 Å². The first-order chi connectivity index (χ1) is 15.2. The molecule has 0 aliphatic rings. The molecule has 6 nitrogen and oxygen atoms in total. The Hall–Kier alpha value is -3.75. The highest BCUT2D eigenvalue weighted by Crippen LogP contribution is 2.25. The van der Waals surface area contributed by atoms with Gasteiger partial charge < -0.3 is 15.6 Å². The summed E-state index contributed by atoms with van der Waals surface area (Å²) in [4.78, 5) is 33.0. The van der Waals surface area contributed by atoms with E-state index in [1.807, 2.05) is 64.7 Å².